The van der Waals surface area contributed by atoms with Crippen LogP contribution in [0.1, 0.15) is 40.0 Å². The Hall–Kier alpha value is -0.345. The van der Waals surface area contributed by atoms with Gasteiger partial charge in [0.1, 0.15) is 0 Å². The Kier molecular flexibility index (Phi) is 3.15. The van der Waals surface area contributed by atoms with Crippen LogP contribution in [0.4, 0.5) is 4.39 Å². The molecular weight excluding hydrogens is 206 g/mol. The van der Waals surface area contributed by atoms with E-state index in [-0.39, 0.29) is 24.8 Å². The van der Waals surface area contributed by atoms with E-state index in [1.54, 1.807) is 0 Å². The summed E-state index contributed by atoms with van der Waals surface area (Å²) in [5.41, 5.74) is 0.834. The Morgan fingerprint density at radius 2 is 2.19 bits per heavy atom. The minimum atomic E-state index is -0.241. The number of halogens is 1. The van der Waals surface area contributed by atoms with Crippen molar-refractivity contribution in [2.24, 2.45) is 5.41 Å². The van der Waals surface area contributed by atoms with Gasteiger partial charge in [0.05, 0.1) is 18.9 Å². The summed E-state index contributed by atoms with van der Waals surface area (Å²) >= 11 is 0. The van der Waals surface area contributed by atoms with Gasteiger partial charge in [0, 0.05) is 0 Å². The van der Waals surface area contributed by atoms with Gasteiger partial charge in [0.2, 0.25) is 0 Å². The van der Waals surface area contributed by atoms with E-state index < -0.39 is 0 Å². The van der Waals surface area contributed by atoms with Crippen molar-refractivity contribution in [3.8, 4) is 0 Å². The molecule has 0 aromatic rings. The van der Waals surface area contributed by atoms with Gasteiger partial charge in [-0.3, -0.25) is 4.39 Å². The average molecular weight is 226 g/mol. The van der Waals surface area contributed by atoms with Crippen LogP contribution in [0.15, 0.2) is 11.5 Å². The Morgan fingerprint density at radius 3 is 2.62 bits per heavy atom. The highest BCUT2D eigenvalue weighted by molar-refractivity contribution is 6.54. The van der Waals surface area contributed by atoms with Crippen molar-refractivity contribution < 1.29 is 13.7 Å². The molecule has 2 nitrogen and oxygen atoms in total. The van der Waals surface area contributed by atoms with Crippen LogP contribution < -0.4 is 0 Å². The summed E-state index contributed by atoms with van der Waals surface area (Å²) in [6.45, 7) is 6.45. The van der Waals surface area contributed by atoms with Crippen LogP contribution in [0.25, 0.3) is 0 Å². The summed E-state index contributed by atoms with van der Waals surface area (Å²) in [5, 5.41) is 0. The summed E-state index contributed by atoms with van der Waals surface area (Å²) in [6, 6.07) is 0. The maximum Gasteiger partial charge on any atom is 0.489 e. The van der Waals surface area contributed by atoms with E-state index in [2.05, 4.69) is 6.08 Å². The van der Waals surface area contributed by atoms with Gasteiger partial charge in [-0.25, -0.2) is 0 Å². The molecule has 2 rings (SSSR count). The summed E-state index contributed by atoms with van der Waals surface area (Å²) in [5.74, 6) is 0. The Morgan fingerprint density at radius 1 is 1.44 bits per heavy atom. The third-order valence-corrected chi connectivity index (χ3v) is 3.51. The maximum absolute atomic E-state index is 12.8. The Labute approximate surface area is 97.3 Å². The molecular formula is C12H20BFO2. The molecule has 0 aromatic carbocycles. The first-order valence-electron chi connectivity index (χ1n) is 5.98. The van der Waals surface area contributed by atoms with Crippen LogP contribution >= 0.6 is 0 Å². The molecule has 1 atom stereocenters. The van der Waals surface area contributed by atoms with E-state index in [1.165, 1.54) is 5.47 Å². The van der Waals surface area contributed by atoms with Crippen molar-refractivity contribution in [2.45, 2.75) is 45.6 Å². The first-order valence-corrected chi connectivity index (χ1v) is 5.98. The molecule has 0 spiro atoms. The lowest BCUT2D eigenvalue weighted by Crippen LogP contribution is -2.29. The van der Waals surface area contributed by atoms with Gasteiger partial charge in [0.25, 0.3) is 0 Å². The highest BCUT2D eigenvalue weighted by Crippen LogP contribution is 2.37. The fourth-order valence-corrected chi connectivity index (χ4v) is 2.18. The summed E-state index contributed by atoms with van der Waals surface area (Å²) < 4.78 is 24.2. The van der Waals surface area contributed by atoms with Crippen LogP contribution in [0.3, 0.4) is 0 Å². The van der Waals surface area contributed by atoms with Crippen LogP contribution in [0, 0.1) is 5.41 Å². The fraction of sp³-hybridized carbons (Fsp3) is 0.833. The third kappa shape index (κ3) is 2.49. The monoisotopic (exact) mass is 226 g/mol. The standard InChI is InChI=1S/C12H20BFO2/c1-11(2)9-15-13(16-11)10-4-6-12(3,8-14)7-5-10/h4H,5-9H2,1-3H3. The zero-order valence-electron chi connectivity index (χ0n) is 10.4. The normalized spacial score (nSPS) is 34.0. The van der Waals surface area contributed by atoms with E-state index in [4.69, 9.17) is 9.31 Å². The largest absolute Gasteiger partial charge is 0.489 e. The van der Waals surface area contributed by atoms with Crippen LogP contribution in [0.5, 0.6) is 0 Å². The van der Waals surface area contributed by atoms with Crippen LogP contribution in [-0.4, -0.2) is 26.0 Å². The molecule has 1 heterocycles. The molecule has 2 aliphatic rings. The molecule has 0 radical (unpaired) electrons. The lowest BCUT2D eigenvalue weighted by molar-refractivity contribution is 0.136. The molecule has 1 aliphatic heterocycles. The van der Waals surface area contributed by atoms with Gasteiger partial charge in [0.15, 0.2) is 0 Å². The number of rotatable bonds is 2. The van der Waals surface area contributed by atoms with Gasteiger partial charge >= 0.3 is 7.12 Å². The van der Waals surface area contributed by atoms with Gasteiger partial charge in [-0.05, 0) is 44.0 Å². The molecule has 0 saturated carbocycles. The second-order valence-corrected chi connectivity index (χ2v) is 5.95. The summed E-state index contributed by atoms with van der Waals surface area (Å²) in [6.07, 6.45) is 4.68. The maximum atomic E-state index is 12.8. The van der Waals surface area contributed by atoms with Crippen LogP contribution in [0.2, 0.25) is 0 Å². The highest BCUT2D eigenvalue weighted by atomic mass is 19.1. The van der Waals surface area contributed by atoms with Crippen molar-refractivity contribution in [2.75, 3.05) is 13.3 Å². The molecule has 4 heteroatoms. The lowest BCUT2D eigenvalue weighted by atomic mass is 9.67. The van der Waals surface area contributed by atoms with Crippen molar-refractivity contribution in [3.63, 3.8) is 0 Å². The first-order chi connectivity index (χ1) is 7.44. The van der Waals surface area contributed by atoms with Gasteiger partial charge in [-0.2, -0.15) is 0 Å². The molecule has 0 amide bonds. The van der Waals surface area contributed by atoms with Crippen molar-refractivity contribution >= 4 is 7.12 Å². The van der Waals surface area contributed by atoms with Gasteiger partial charge in [-0.15, -0.1) is 0 Å². The fourth-order valence-electron chi connectivity index (χ4n) is 2.18. The molecule has 0 N–H and O–H groups in total. The Balaban J connectivity index is 1.98. The molecule has 1 aliphatic carbocycles. The second-order valence-electron chi connectivity index (χ2n) is 5.95. The highest BCUT2D eigenvalue weighted by Gasteiger charge is 2.41. The third-order valence-electron chi connectivity index (χ3n) is 3.51. The minimum Gasteiger partial charge on any atom is -0.405 e. The van der Waals surface area contributed by atoms with E-state index in [9.17, 15) is 4.39 Å². The summed E-state index contributed by atoms with van der Waals surface area (Å²) in [7, 11) is -0.195. The quantitative estimate of drug-likeness (QED) is 0.674. The van der Waals surface area contributed by atoms with Crippen molar-refractivity contribution in [1.29, 1.82) is 0 Å². The predicted octanol–water partition coefficient (Wildman–Crippen LogP) is 2.93. The topological polar surface area (TPSA) is 18.5 Å². The smallest absolute Gasteiger partial charge is 0.405 e. The average Bonchev–Trinajstić information content (AvgIpc) is 2.60. The Bertz CT molecular complexity index is 303. The molecule has 0 bridgehead atoms. The lowest BCUT2D eigenvalue weighted by Gasteiger charge is -2.30. The zero-order valence-corrected chi connectivity index (χ0v) is 10.4. The number of alkyl halides is 1. The van der Waals surface area contributed by atoms with E-state index in [1.807, 2.05) is 20.8 Å². The summed E-state index contributed by atoms with van der Waals surface area (Å²) in [4.78, 5) is 0. The molecule has 0 aromatic heterocycles. The SMILES string of the molecule is CC1(CF)CC=C(B2OCC(C)(C)O2)CC1. The zero-order chi connectivity index (χ0) is 11.8. The van der Waals surface area contributed by atoms with Gasteiger partial charge < -0.3 is 9.31 Å². The molecule has 1 unspecified atom stereocenters. The first kappa shape index (κ1) is 12.1. The molecule has 1 saturated heterocycles. The van der Waals surface area contributed by atoms with E-state index >= 15 is 0 Å². The number of allylic oxidation sites excluding steroid dienone is 2. The predicted molar refractivity (Wildman–Crippen MR) is 62.9 cm³/mol. The van der Waals surface area contributed by atoms with E-state index in [0.29, 0.717) is 6.61 Å². The molecule has 1 fully saturated rings. The number of hydrogen-bond donors (Lipinski definition) is 0. The molecule has 16 heavy (non-hydrogen) atoms. The second kappa shape index (κ2) is 4.15. The minimum absolute atomic E-state index is 0.169. The van der Waals surface area contributed by atoms with Crippen molar-refractivity contribution in [3.05, 3.63) is 11.5 Å². The van der Waals surface area contributed by atoms with E-state index in [0.717, 1.165) is 19.3 Å². The number of hydrogen-bond acceptors (Lipinski definition) is 2. The van der Waals surface area contributed by atoms with Gasteiger partial charge in [-0.1, -0.05) is 13.0 Å². The molecule has 90 valence electrons. The van der Waals surface area contributed by atoms with Crippen molar-refractivity contribution in [1.82, 2.24) is 0 Å². The van der Waals surface area contributed by atoms with Crippen LogP contribution in [-0.2, 0) is 9.31 Å².